The van der Waals surface area contributed by atoms with Crippen molar-refractivity contribution in [2.75, 3.05) is 13.2 Å². The number of Topliss-reactive ketones (excluding diaryl/α,β-unsaturated/α-hetero) is 1. The maximum atomic E-state index is 12.9. The van der Waals surface area contributed by atoms with E-state index in [1.165, 1.54) is 0 Å². The van der Waals surface area contributed by atoms with Crippen LogP contribution >= 0.6 is 46.0 Å². The Morgan fingerprint density at radius 2 is 1.78 bits per heavy atom. The van der Waals surface area contributed by atoms with E-state index >= 15 is 0 Å². The fourth-order valence-corrected chi connectivity index (χ4v) is 5.30. The van der Waals surface area contributed by atoms with Crippen molar-refractivity contribution in [3.63, 3.8) is 0 Å². The third-order valence-electron chi connectivity index (χ3n) is 5.23. The molecule has 0 N–H and O–H groups in total. The summed E-state index contributed by atoms with van der Waals surface area (Å²) in [4.78, 5) is 39.2. The molecular formula is C27H21ClINO5S. The summed E-state index contributed by atoms with van der Waals surface area (Å²) in [5.41, 5.74) is 1.97. The zero-order chi connectivity index (χ0) is 25.7. The number of thioether (sulfide) groups is 1. The number of hydrogen-bond acceptors (Lipinski definition) is 6. The van der Waals surface area contributed by atoms with E-state index in [1.807, 2.05) is 31.2 Å². The van der Waals surface area contributed by atoms with Crippen LogP contribution in [0, 0.1) is 3.57 Å². The number of halogens is 2. The number of carbonyl (C=O) groups is 3. The van der Waals surface area contributed by atoms with Crippen LogP contribution in [-0.2, 0) is 11.4 Å². The Balaban J connectivity index is 1.54. The molecule has 4 rings (SSSR count). The van der Waals surface area contributed by atoms with Crippen molar-refractivity contribution in [3.05, 3.63) is 96.9 Å². The van der Waals surface area contributed by atoms with Crippen LogP contribution in [0.3, 0.4) is 0 Å². The molecule has 0 unspecified atom stereocenters. The van der Waals surface area contributed by atoms with Crippen LogP contribution < -0.4 is 9.47 Å². The van der Waals surface area contributed by atoms with Crippen molar-refractivity contribution in [2.45, 2.75) is 13.5 Å². The molecule has 2 amide bonds. The average molecular weight is 634 g/mol. The number of imide groups is 1. The first-order valence-electron chi connectivity index (χ1n) is 11.0. The highest BCUT2D eigenvalue weighted by Crippen LogP contribution is 2.38. The van der Waals surface area contributed by atoms with Gasteiger partial charge in [0.15, 0.2) is 17.3 Å². The number of amides is 2. The number of carbonyl (C=O) groups excluding carboxylic acids is 3. The molecule has 3 aromatic carbocycles. The summed E-state index contributed by atoms with van der Waals surface area (Å²) in [6.07, 6.45) is 1.63. The molecule has 1 aliphatic heterocycles. The van der Waals surface area contributed by atoms with Gasteiger partial charge in [0.1, 0.15) is 6.61 Å². The predicted octanol–water partition coefficient (Wildman–Crippen LogP) is 6.84. The molecule has 3 aromatic rings. The lowest BCUT2D eigenvalue weighted by Gasteiger charge is -2.15. The van der Waals surface area contributed by atoms with E-state index in [4.69, 9.17) is 21.1 Å². The van der Waals surface area contributed by atoms with Gasteiger partial charge in [0.2, 0.25) is 0 Å². The molecule has 0 atom stereocenters. The van der Waals surface area contributed by atoms with Crippen LogP contribution in [0.25, 0.3) is 6.08 Å². The van der Waals surface area contributed by atoms with Crippen LogP contribution in [0.1, 0.15) is 28.4 Å². The summed E-state index contributed by atoms with van der Waals surface area (Å²) in [6, 6.07) is 19.6. The Bertz CT molecular complexity index is 1350. The Hall–Kier alpha value is -2.82. The molecule has 184 valence electrons. The van der Waals surface area contributed by atoms with Gasteiger partial charge in [-0.1, -0.05) is 60.1 Å². The Kier molecular flexibility index (Phi) is 8.71. The van der Waals surface area contributed by atoms with Crippen LogP contribution in [0.4, 0.5) is 4.79 Å². The zero-order valence-corrected chi connectivity index (χ0v) is 22.9. The molecule has 0 radical (unpaired) electrons. The van der Waals surface area contributed by atoms with Crippen LogP contribution in [0.5, 0.6) is 11.5 Å². The first kappa shape index (κ1) is 26.2. The largest absolute Gasteiger partial charge is 0.490 e. The molecule has 1 heterocycles. The highest BCUT2D eigenvalue weighted by molar-refractivity contribution is 14.1. The maximum Gasteiger partial charge on any atom is 0.293 e. The molecule has 6 nitrogen and oxygen atoms in total. The standard InChI is InChI=1S/C27H21ClINO5S/c1-2-34-23-13-17(12-21(29)25(23)35-16-19-10-6-7-11-20(19)28)14-24-26(32)30(27(33)36-24)15-22(31)18-8-4-3-5-9-18/h3-14H,2,15-16H2,1H3/b24-14+. The van der Waals surface area contributed by atoms with E-state index in [2.05, 4.69) is 22.6 Å². The molecule has 0 aromatic heterocycles. The minimum absolute atomic E-state index is 0.240. The highest BCUT2D eigenvalue weighted by atomic mass is 127. The van der Waals surface area contributed by atoms with Crippen molar-refractivity contribution in [2.24, 2.45) is 0 Å². The lowest BCUT2D eigenvalue weighted by atomic mass is 10.1. The van der Waals surface area contributed by atoms with Gasteiger partial charge in [0.05, 0.1) is 21.6 Å². The summed E-state index contributed by atoms with van der Waals surface area (Å²) in [5.74, 6) is 0.283. The van der Waals surface area contributed by atoms with E-state index in [-0.39, 0.29) is 23.8 Å². The molecule has 0 bridgehead atoms. The average Bonchev–Trinajstić information content (AvgIpc) is 3.12. The van der Waals surface area contributed by atoms with Crippen molar-refractivity contribution < 1.29 is 23.9 Å². The molecule has 0 saturated carbocycles. The number of rotatable bonds is 9. The predicted molar refractivity (Wildman–Crippen MR) is 150 cm³/mol. The Labute approximate surface area is 231 Å². The summed E-state index contributed by atoms with van der Waals surface area (Å²) in [5, 5.41) is 0.138. The van der Waals surface area contributed by atoms with Crippen molar-refractivity contribution >= 4 is 69.0 Å². The second kappa shape index (κ2) is 11.9. The number of ether oxygens (including phenoxy) is 2. The van der Waals surface area contributed by atoms with E-state index in [0.29, 0.717) is 34.3 Å². The highest BCUT2D eigenvalue weighted by Gasteiger charge is 2.36. The van der Waals surface area contributed by atoms with Gasteiger partial charge in [-0.15, -0.1) is 0 Å². The number of nitrogens with zero attached hydrogens (tertiary/aromatic N) is 1. The normalized spacial score (nSPS) is 14.4. The summed E-state index contributed by atoms with van der Waals surface area (Å²) in [6.45, 7) is 2.25. The van der Waals surface area contributed by atoms with Crippen molar-refractivity contribution in [1.29, 1.82) is 0 Å². The monoisotopic (exact) mass is 633 g/mol. The fourth-order valence-electron chi connectivity index (χ4n) is 3.49. The minimum Gasteiger partial charge on any atom is -0.490 e. The van der Waals surface area contributed by atoms with E-state index in [9.17, 15) is 14.4 Å². The molecule has 9 heteroatoms. The third-order valence-corrected chi connectivity index (χ3v) is 7.31. The van der Waals surface area contributed by atoms with Gasteiger partial charge in [-0.3, -0.25) is 19.3 Å². The zero-order valence-electron chi connectivity index (χ0n) is 19.2. The van der Waals surface area contributed by atoms with Crippen LogP contribution in [0.2, 0.25) is 5.02 Å². The molecule has 36 heavy (non-hydrogen) atoms. The second-order valence-corrected chi connectivity index (χ2v) is 10.3. The van der Waals surface area contributed by atoms with E-state index in [1.54, 1.807) is 48.5 Å². The number of benzene rings is 3. The van der Waals surface area contributed by atoms with Gasteiger partial charge >= 0.3 is 0 Å². The van der Waals surface area contributed by atoms with Crippen LogP contribution in [0.15, 0.2) is 71.6 Å². The van der Waals surface area contributed by atoms with Gasteiger partial charge < -0.3 is 9.47 Å². The van der Waals surface area contributed by atoms with Gasteiger partial charge in [-0.2, -0.15) is 0 Å². The van der Waals surface area contributed by atoms with Crippen molar-refractivity contribution in [3.8, 4) is 11.5 Å². The molecular weight excluding hydrogens is 613 g/mol. The quantitative estimate of drug-likeness (QED) is 0.146. The second-order valence-electron chi connectivity index (χ2n) is 7.70. The van der Waals surface area contributed by atoms with Gasteiger partial charge in [0, 0.05) is 16.1 Å². The molecule has 1 fully saturated rings. The van der Waals surface area contributed by atoms with Gasteiger partial charge in [0.25, 0.3) is 11.1 Å². The summed E-state index contributed by atoms with van der Waals surface area (Å²) >= 11 is 9.20. The topological polar surface area (TPSA) is 72.9 Å². The van der Waals surface area contributed by atoms with E-state index < -0.39 is 11.1 Å². The molecule has 0 spiro atoms. The molecule has 1 saturated heterocycles. The van der Waals surface area contributed by atoms with Gasteiger partial charge in [-0.25, -0.2) is 0 Å². The van der Waals surface area contributed by atoms with Crippen molar-refractivity contribution in [1.82, 2.24) is 4.90 Å². The third kappa shape index (κ3) is 6.11. The Morgan fingerprint density at radius 3 is 2.50 bits per heavy atom. The summed E-state index contributed by atoms with van der Waals surface area (Å²) < 4.78 is 12.6. The fraction of sp³-hybridized carbons (Fsp3) is 0.148. The molecule has 1 aliphatic rings. The lowest BCUT2D eigenvalue weighted by Crippen LogP contribution is -2.33. The number of ketones is 1. The number of hydrogen-bond donors (Lipinski definition) is 0. The first-order valence-corrected chi connectivity index (χ1v) is 13.3. The molecule has 0 aliphatic carbocycles. The minimum atomic E-state index is -0.499. The van der Waals surface area contributed by atoms with Gasteiger partial charge in [-0.05, 0) is 71.1 Å². The summed E-state index contributed by atoms with van der Waals surface area (Å²) in [7, 11) is 0. The Morgan fingerprint density at radius 1 is 1.06 bits per heavy atom. The maximum absolute atomic E-state index is 12.9. The lowest BCUT2D eigenvalue weighted by molar-refractivity contribution is -0.122. The SMILES string of the molecule is CCOc1cc(/C=C2/SC(=O)N(CC(=O)c3ccccc3)C2=O)cc(I)c1OCc1ccccc1Cl. The smallest absolute Gasteiger partial charge is 0.293 e. The van der Waals surface area contributed by atoms with E-state index in [0.717, 1.165) is 25.8 Å². The van der Waals surface area contributed by atoms with Crippen LogP contribution in [-0.4, -0.2) is 35.0 Å². The first-order chi connectivity index (χ1) is 17.4.